The van der Waals surface area contributed by atoms with Crippen LogP contribution in [0.15, 0.2) is 189 Å². The number of anilines is 4. The Bertz CT molecular complexity index is 3380. The van der Waals surface area contributed by atoms with E-state index in [0.717, 1.165) is 68.1 Å². The minimum absolute atomic E-state index is 0.0346. The number of ketones is 2. The standard InChI is InChI=1S/C74H72F6N2O2S2/c1-3-5-7-9-47-11-15-49(16-12-47)51-19-23-53(24-20-51)55-27-39-61(40-28-55)85-65-45-46-66(86-62-41-29-56(30-42-62)54-25-21-52(22-26-54)50-17-13-48(14-18-50)10-8-6-4-2)70-69(65)71(83)67-63(81-59-35-31-57(32-36-59)73(75,76)77)43-44-64(68(67)72(70)84)82-60-37-33-58(34-38-60)74(78,79)80/h19-50,81-82H,3-18H2,1-2H3. The Kier molecular flexibility index (Phi) is 19.0. The van der Waals surface area contributed by atoms with Crippen molar-refractivity contribution in [3.8, 4) is 22.3 Å². The van der Waals surface area contributed by atoms with Crippen molar-refractivity contribution in [1.82, 2.24) is 0 Å². The zero-order chi connectivity index (χ0) is 60.0. The van der Waals surface area contributed by atoms with Crippen LogP contribution in [0.4, 0.5) is 49.1 Å². The highest BCUT2D eigenvalue weighted by atomic mass is 32.2. The van der Waals surface area contributed by atoms with E-state index in [1.807, 2.05) is 36.4 Å². The van der Waals surface area contributed by atoms with Crippen LogP contribution >= 0.6 is 23.5 Å². The molecule has 86 heavy (non-hydrogen) atoms. The van der Waals surface area contributed by atoms with Crippen molar-refractivity contribution >= 4 is 57.8 Å². The summed E-state index contributed by atoms with van der Waals surface area (Å²) in [7, 11) is 0. The minimum atomic E-state index is -4.59. The van der Waals surface area contributed by atoms with Crippen LogP contribution in [0.2, 0.25) is 0 Å². The molecular formula is C74H72F6N2O2S2. The van der Waals surface area contributed by atoms with Crippen LogP contribution in [0.1, 0.15) is 183 Å². The normalized spacial score (nSPS) is 17.9. The van der Waals surface area contributed by atoms with E-state index in [-0.39, 0.29) is 45.0 Å². The summed E-state index contributed by atoms with van der Waals surface area (Å²) < 4.78 is 82.3. The average Bonchev–Trinajstić information content (AvgIpc) is 0.812. The van der Waals surface area contributed by atoms with Crippen LogP contribution in [0.5, 0.6) is 0 Å². The SMILES string of the molecule is CCCCCC1CCC(c2ccc(-c3ccc(Sc4ccc(Sc5ccc(-c6ccc(C7CCC(CCCCC)CC7)cc6)cc5)c5c4C(=O)c4c(Nc6ccc(C(F)(F)F)cc6)ccc(Nc6ccc(C(F)(F)F)cc6)c4C5=O)cc3)cc2)CC1. The molecule has 3 aliphatic rings. The molecule has 11 rings (SSSR count). The van der Waals surface area contributed by atoms with Gasteiger partial charge in [0.25, 0.3) is 0 Å². The maximum atomic E-state index is 15.7. The summed E-state index contributed by atoms with van der Waals surface area (Å²) in [6.07, 6.45) is 11.4. The quantitative estimate of drug-likeness (QED) is 0.0586. The monoisotopic (exact) mass is 1200 g/mol. The maximum Gasteiger partial charge on any atom is 0.416 e. The first kappa shape index (κ1) is 60.7. The van der Waals surface area contributed by atoms with Crippen molar-refractivity contribution in [3.63, 3.8) is 0 Å². The van der Waals surface area contributed by atoms with E-state index >= 15 is 9.59 Å². The number of carbonyl (C=O) groups is 2. The molecule has 2 saturated carbocycles. The lowest BCUT2D eigenvalue weighted by Crippen LogP contribution is -2.25. The highest BCUT2D eigenvalue weighted by Crippen LogP contribution is 2.48. The molecule has 0 saturated heterocycles. The van der Waals surface area contributed by atoms with Crippen molar-refractivity contribution in [2.45, 2.75) is 160 Å². The van der Waals surface area contributed by atoms with Gasteiger partial charge in [-0.1, -0.05) is 162 Å². The molecule has 0 atom stereocenters. The molecule has 0 unspecified atom stereocenters. The Morgan fingerprint density at radius 2 is 0.709 bits per heavy atom. The summed E-state index contributed by atoms with van der Waals surface area (Å²) in [5.41, 5.74) is 6.37. The lowest BCUT2D eigenvalue weighted by Gasteiger charge is -2.29. The second-order valence-electron chi connectivity index (χ2n) is 23.7. The van der Waals surface area contributed by atoms with E-state index < -0.39 is 35.0 Å². The van der Waals surface area contributed by atoms with Gasteiger partial charge in [-0.25, -0.2) is 0 Å². The van der Waals surface area contributed by atoms with Crippen molar-refractivity contribution in [2.24, 2.45) is 11.8 Å². The van der Waals surface area contributed by atoms with E-state index in [0.29, 0.717) is 21.6 Å². The molecule has 12 heteroatoms. The number of nitrogens with one attached hydrogen (secondary N) is 2. The number of hydrogen-bond acceptors (Lipinski definition) is 6. The molecule has 444 valence electrons. The minimum Gasteiger partial charge on any atom is -0.355 e. The number of fused-ring (bicyclic) bond motifs is 2. The molecule has 2 fully saturated rings. The first-order valence-corrected chi connectivity index (χ1v) is 32.3. The van der Waals surface area contributed by atoms with E-state index in [9.17, 15) is 26.3 Å². The Morgan fingerprint density at radius 1 is 0.384 bits per heavy atom. The molecular weight excluding hydrogens is 1130 g/mol. The fourth-order valence-electron chi connectivity index (χ4n) is 13.0. The first-order chi connectivity index (χ1) is 41.6. The van der Waals surface area contributed by atoms with Gasteiger partial charge in [0, 0.05) is 42.1 Å². The Morgan fingerprint density at radius 3 is 1.02 bits per heavy atom. The van der Waals surface area contributed by atoms with E-state index in [1.165, 1.54) is 162 Å². The third-order valence-corrected chi connectivity index (χ3v) is 20.1. The van der Waals surface area contributed by atoms with Gasteiger partial charge in [0.05, 0.1) is 33.6 Å². The fourth-order valence-corrected chi connectivity index (χ4v) is 14.9. The summed E-state index contributed by atoms with van der Waals surface area (Å²) >= 11 is 2.70. The number of rotatable bonds is 20. The van der Waals surface area contributed by atoms with Crippen LogP contribution in [0.25, 0.3) is 22.3 Å². The zero-order valence-electron chi connectivity index (χ0n) is 48.7. The molecule has 0 amide bonds. The maximum absolute atomic E-state index is 15.7. The van der Waals surface area contributed by atoms with Gasteiger partial charge in [-0.3, -0.25) is 9.59 Å². The van der Waals surface area contributed by atoms with Gasteiger partial charge >= 0.3 is 12.4 Å². The summed E-state index contributed by atoms with van der Waals surface area (Å²) in [5, 5.41) is 6.25. The highest BCUT2D eigenvalue weighted by molar-refractivity contribution is 8.00. The molecule has 0 bridgehead atoms. The van der Waals surface area contributed by atoms with E-state index in [1.54, 1.807) is 12.1 Å². The van der Waals surface area contributed by atoms with Gasteiger partial charge in [0.1, 0.15) is 0 Å². The molecule has 2 N–H and O–H groups in total. The lowest BCUT2D eigenvalue weighted by molar-refractivity contribution is -0.138. The Labute approximate surface area is 510 Å². The molecule has 8 aromatic carbocycles. The number of alkyl halides is 6. The number of benzene rings is 8. The molecule has 0 aliphatic heterocycles. The third-order valence-electron chi connectivity index (χ3n) is 17.9. The molecule has 3 aliphatic carbocycles. The summed E-state index contributed by atoms with van der Waals surface area (Å²) in [6, 6.07) is 49.7. The molecule has 4 nitrogen and oxygen atoms in total. The summed E-state index contributed by atoms with van der Waals surface area (Å²) in [5.74, 6) is 1.83. The van der Waals surface area contributed by atoms with Gasteiger partial charge in [-0.15, -0.1) is 0 Å². The largest absolute Gasteiger partial charge is 0.416 e. The first-order valence-electron chi connectivity index (χ1n) is 30.7. The summed E-state index contributed by atoms with van der Waals surface area (Å²) in [4.78, 5) is 34.2. The fraction of sp³-hybridized carbons (Fsp3) is 0.324. The highest BCUT2D eigenvalue weighted by Gasteiger charge is 2.39. The van der Waals surface area contributed by atoms with Crippen LogP contribution in [-0.2, 0) is 12.4 Å². The van der Waals surface area contributed by atoms with Gasteiger partial charge in [-0.05, 0) is 205 Å². The topological polar surface area (TPSA) is 58.2 Å². The average molecular weight is 1200 g/mol. The van der Waals surface area contributed by atoms with Crippen LogP contribution < -0.4 is 10.6 Å². The van der Waals surface area contributed by atoms with Gasteiger partial charge < -0.3 is 10.6 Å². The molecule has 0 radical (unpaired) electrons. The Hall–Kier alpha value is -7.02. The van der Waals surface area contributed by atoms with E-state index in [2.05, 4.69) is 97.3 Å². The van der Waals surface area contributed by atoms with Crippen LogP contribution in [0.3, 0.4) is 0 Å². The van der Waals surface area contributed by atoms with Crippen LogP contribution in [-0.4, -0.2) is 11.6 Å². The smallest absolute Gasteiger partial charge is 0.355 e. The number of unbranched alkanes of at least 4 members (excludes halogenated alkanes) is 4. The molecule has 0 aromatic heterocycles. The number of carbonyl (C=O) groups excluding carboxylic acids is 2. The molecule has 0 spiro atoms. The van der Waals surface area contributed by atoms with Gasteiger partial charge in [-0.2, -0.15) is 26.3 Å². The molecule has 8 aromatic rings. The number of halogens is 6. The van der Waals surface area contributed by atoms with Crippen molar-refractivity contribution < 1.29 is 35.9 Å². The van der Waals surface area contributed by atoms with Gasteiger partial charge in [0.2, 0.25) is 0 Å². The van der Waals surface area contributed by atoms with Crippen molar-refractivity contribution in [1.29, 1.82) is 0 Å². The number of hydrogen-bond donors (Lipinski definition) is 2. The predicted molar refractivity (Wildman–Crippen MR) is 339 cm³/mol. The second-order valence-corrected chi connectivity index (χ2v) is 25.9. The predicted octanol–water partition coefficient (Wildman–Crippen LogP) is 23.3. The van der Waals surface area contributed by atoms with Crippen LogP contribution in [0, 0.1) is 11.8 Å². The lowest BCUT2D eigenvalue weighted by atomic mass is 9.77. The van der Waals surface area contributed by atoms with Gasteiger partial charge in [0.15, 0.2) is 11.6 Å². The molecule has 0 heterocycles. The van der Waals surface area contributed by atoms with Crippen molar-refractivity contribution in [2.75, 3.05) is 10.6 Å². The third kappa shape index (κ3) is 14.2. The van der Waals surface area contributed by atoms with E-state index in [4.69, 9.17) is 0 Å². The Balaban J connectivity index is 0.904. The zero-order valence-corrected chi connectivity index (χ0v) is 50.3. The van der Waals surface area contributed by atoms with Crippen molar-refractivity contribution in [3.05, 3.63) is 214 Å². The summed E-state index contributed by atoms with van der Waals surface area (Å²) in [6.45, 7) is 4.52. The second kappa shape index (κ2) is 26.9.